The topological polar surface area (TPSA) is 37.4 Å². The summed E-state index contributed by atoms with van der Waals surface area (Å²) in [5.74, 6) is 0.123. The van der Waals surface area contributed by atoms with Crippen molar-refractivity contribution in [1.29, 1.82) is 0 Å². The van der Waals surface area contributed by atoms with Crippen LogP contribution in [0.25, 0.3) is 0 Å². The molecule has 0 spiro atoms. The zero-order valence-electron chi connectivity index (χ0n) is 12.3. The molecule has 0 saturated carbocycles. The van der Waals surface area contributed by atoms with Crippen molar-refractivity contribution >= 4 is 10.0 Å². The van der Waals surface area contributed by atoms with Gasteiger partial charge >= 0.3 is 0 Å². The quantitative estimate of drug-likeness (QED) is 0.840. The third-order valence-corrected chi connectivity index (χ3v) is 6.04. The molecule has 0 aromatic heterocycles. The van der Waals surface area contributed by atoms with Gasteiger partial charge in [0.1, 0.15) is 5.82 Å². The zero-order valence-corrected chi connectivity index (χ0v) is 13.1. The standard InChI is InChI=1S/C15H22FNO2S/c1-15(2,3)12-8-10-17(11-9-12)20(18,19)14-6-4-13(16)5-7-14/h4-7,12H,8-11H2,1-3H3. The van der Waals surface area contributed by atoms with Gasteiger partial charge in [-0.3, -0.25) is 0 Å². The van der Waals surface area contributed by atoms with E-state index in [0.717, 1.165) is 12.8 Å². The number of sulfonamides is 1. The van der Waals surface area contributed by atoms with Crippen molar-refractivity contribution in [3.63, 3.8) is 0 Å². The van der Waals surface area contributed by atoms with Gasteiger partial charge in [0, 0.05) is 13.1 Å². The summed E-state index contributed by atoms with van der Waals surface area (Å²) in [6.07, 6.45) is 1.76. The molecule has 1 aromatic carbocycles. The van der Waals surface area contributed by atoms with Gasteiger partial charge in [-0.2, -0.15) is 4.31 Å². The Morgan fingerprint density at radius 3 is 2.05 bits per heavy atom. The lowest BCUT2D eigenvalue weighted by Crippen LogP contribution is -2.41. The highest BCUT2D eigenvalue weighted by Crippen LogP contribution is 2.35. The minimum atomic E-state index is -3.48. The van der Waals surface area contributed by atoms with Gasteiger partial charge in [-0.1, -0.05) is 20.8 Å². The van der Waals surface area contributed by atoms with Crippen LogP contribution in [0.15, 0.2) is 29.2 Å². The Morgan fingerprint density at radius 1 is 1.10 bits per heavy atom. The van der Waals surface area contributed by atoms with E-state index >= 15 is 0 Å². The van der Waals surface area contributed by atoms with Gasteiger partial charge in [0.15, 0.2) is 0 Å². The van der Waals surface area contributed by atoms with E-state index in [1.807, 2.05) is 0 Å². The number of piperidine rings is 1. The maximum absolute atomic E-state index is 12.9. The molecule has 1 heterocycles. The highest BCUT2D eigenvalue weighted by atomic mass is 32.2. The van der Waals surface area contributed by atoms with E-state index in [9.17, 15) is 12.8 Å². The Labute approximate surface area is 120 Å². The van der Waals surface area contributed by atoms with Gasteiger partial charge in [0.05, 0.1) is 4.90 Å². The number of hydrogen-bond donors (Lipinski definition) is 0. The second kappa shape index (κ2) is 5.45. The molecule has 0 atom stereocenters. The first-order valence-corrected chi connectivity index (χ1v) is 8.41. The van der Waals surface area contributed by atoms with Crippen molar-refractivity contribution in [3.8, 4) is 0 Å². The molecule has 5 heteroatoms. The SMILES string of the molecule is CC(C)(C)C1CCN(S(=O)(=O)c2ccc(F)cc2)CC1. The number of benzene rings is 1. The summed E-state index contributed by atoms with van der Waals surface area (Å²) in [4.78, 5) is 0.174. The van der Waals surface area contributed by atoms with Crippen LogP contribution < -0.4 is 0 Å². The van der Waals surface area contributed by atoms with Crippen LogP contribution in [0.2, 0.25) is 0 Å². The van der Waals surface area contributed by atoms with Crippen LogP contribution in [0.1, 0.15) is 33.6 Å². The Hall–Kier alpha value is -0.940. The first-order chi connectivity index (χ1) is 9.21. The van der Waals surface area contributed by atoms with E-state index < -0.39 is 15.8 Å². The molecule has 1 aliphatic rings. The first kappa shape index (κ1) is 15.4. The van der Waals surface area contributed by atoms with Crippen LogP contribution in [0, 0.1) is 17.2 Å². The summed E-state index contributed by atoms with van der Waals surface area (Å²) in [5, 5.41) is 0. The van der Waals surface area contributed by atoms with Crippen LogP contribution in [-0.2, 0) is 10.0 Å². The van der Waals surface area contributed by atoms with Gasteiger partial charge in [-0.15, -0.1) is 0 Å². The third kappa shape index (κ3) is 3.20. The number of halogens is 1. The Kier molecular flexibility index (Phi) is 4.21. The summed E-state index contributed by atoms with van der Waals surface area (Å²) in [6, 6.07) is 5.05. The second-order valence-electron chi connectivity index (χ2n) is 6.50. The Bertz CT molecular complexity index is 553. The van der Waals surface area contributed by atoms with E-state index in [2.05, 4.69) is 20.8 Å². The number of hydrogen-bond acceptors (Lipinski definition) is 2. The van der Waals surface area contributed by atoms with Crippen molar-refractivity contribution in [2.75, 3.05) is 13.1 Å². The van der Waals surface area contributed by atoms with Crippen LogP contribution in [0.3, 0.4) is 0 Å². The first-order valence-electron chi connectivity index (χ1n) is 6.97. The molecule has 0 aliphatic carbocycles. The summed E-state index contributed by atoms with van der Waals surface area (Å²) in [5.41, 5.74) is 0.214. The molecule has 0 radical (unpaired) electrons. The van der Waals surface area contributed by atoms with Crippen molar-refractivity contribution in [2.24, 2.45) is 11.3 Å². The molecule has 20 heavy (non-hydrogen) atoms. The Balaban J connectivity index is 2.11. The highest BCUT2D eigenvalue weighted by molar-refractivity contribution is 7.89. The summed E-state index contributed by atoms with van der Waals surface area (Å²) in [6.45, 7) is 7.68. The number of nitrogens with zero attached hydrogens (tertiary/aromatic N) is 1. The van der Waals surface area contributed by atoms with Crippen LogP contribution >= 0.6 is 0 Å². The van der Waals surface area contributed by atoms with Crippen LogP contribution in [0.5, 0.6) is 0 Å². The normalized spacial score (nSPS) is 19.2. The van der Waals surface area contributed by atoms with Gasteiger partial charge in [-0.25, -0.2) is 12.8 Å². The summed E-state index contributed by atoms with van der Waals surface area (Å²) in [7, 11) is -3.48. The van der Waals surface area contributed by atoms with Gasteiger partial charge in [0.2, 0.25) is 10.0 Å². The molecule has 3 nitrogen and oxygen atoms in total. The lowest BCUT2D eigenvalue weighted by Gasteiger charge is -2.38. The molecule has 0 bridgehead atoms. The molecule has 1 saturated heterocycles. The van der Waals surface area contributed by atoms with E-state index in [0.29, 0.717) is 19.0 Å². The highest BCUT2D eigenvalue weighted by Gasteiger charge is 2.33. The second-order valence-corrected chi connectivity index (χ2v) is 8.44. The smallest absolute Gasteiger partial charge is 0.207 e. The minimum absolute atomic E-state index is 0.174. The average molecular weight is 299 g/mol. The van der Waals surface area contributed by atoms with Crippen molar-refractivity contribution in [2.45, 2.75) is 38.5 Å². The Morgan fingerprint density at radius 2 is 1.60 bits per heavy atom. The monoisotopic (exact) mass is 299 g/mol. The van der Waals surface area contributed by atoms with Gasteiger partial charge < -0.3 is 0 Å². The predicted molar refractivity (Wildman–Crippen MR) is 77.3 cm³/mol. The lowest BCUT2D eigenvalue weighted by molar-refractivity contribution is 0.154. The van der Waals surface area contributed by atoms with E-state index in [4.69, 9.17) is 0 Å². The molecular weight excluding hydrogens is 277 g/mol. The molecule has 112 valence electrons. The molecule has 1 fully saturated rings. The zero-order chi connectivity index (χ0) is 15.0. The molecule has 1 aliphatic heterocycles. The van der Waals surface area contributed by atoms with Gasteiger partial charge in [-0.05, 0) is 48.4 Å². The van der Waals surface area contributed by atoms with E-state index in [1.54, 1.807) is 0 Å². The van der Waals surface area contributed by atoms with Crippen molar-refractivity contribution in [3.05, 3.63) is 30.1 Å². The third-order valence-electron chi connectivity index (χ3n) is 4.13. The van der Waals surface area contributed by atoms with Crippen molar-refractivity contribution < 1.29 is 12.8 Å². The molecule has 0 unspecified atom stereocenters. The summed E-state index contributed by atoms with van der Waals surface area (Å²) < 4.78 is 39.3. The molecule has 2 rings (SSSR count). The fraction of sp³-hybridized carbons (Fsp3) is 0.600. The minimum Gasteiger partial charge on any atom is -0.207 e. The fourth-order valence-corrected chi connectivity index (χ4v) is 4.19. The van der Waals surface area contributed by atoms with Crippen LogP contribution in [-0.4, -0.2) is 25.8 Å². The molecule has 0 N–H and O–H groups in total. The average Bonchev–Trinajstić information content (AvgIpc) is 2.38. The largest absolute Gasteiger partial charge is 0.243 e. The van der Waals surface area contributed by atoms with E-state index in [-0.39, 0.29) is 10.3 Å². The maximum atomic E-state index is 12.9. The summed E-state index contributed by atoms with van der Waals surface area (Å²) >= 11 is 0. The fourth-order valence-electron chi connectivity index (χ4n) is 2.72. The lowest BCUT2D eigenvalue weighted by atomic mass is 9.76. The number of rotatable bonds is 2. The predicted octanol–water partition coefficient (Wildman–Crippen LogP) is 3.27. The van der Waals surface area contributed by atoms with E-state index in [1.165, 1.54) is 28.6 Å². The maximum Gasteiger partial charge on any atom is 0.243 e. The van der Waals surface area contributed by atoms with Crippen molar-refractivity contribution in [1.82, 2.24) is 4.31 Å². The molecule has 0 amide bonds. The van der Waals surface area contributed by atoms with Gasteiger partial charge in [0.25, 0.3) is 0 Å². The molecule has 1 aromatic rings. The van der Waals surface area contributed by atoms with Crippen LogP contribution in [0.4, 0.5) is 4.39 Å². The molecular formula is C15H22FNO2S.